The van der Waals surface area contributed by atoms with E-state index in [0.29, 0.717) is 17.1 Å². The lowest BCUT2D eigenvalue weighted by Gasteiger charge is -2.12. The Morgan fingerprint density at radius 1 is 1.35 bits per heavy atom. The molecule has 0 aliphatic carbocycles. The summed E-state index contributed by atoms with van der Waals surface area (Å²) in [7, 11) is 0. The summed E-state index contributed by atoms with van der Waals surface area (Å²) in [5.74, 6) is -0.104. The Labute approximate surface area is 148 Å². The maximum Gasteiger partial charge on any atom is 0.254 e. The van der Waals surface area contributed by atoms with Crippen molar-refractivity contribution in [3.63, 3.8) is 0 Å². The second kappa shape index (κ2) is 7.95. The summed E-state index contributed by atoms with van der Waals surface area (Å²) in [6.07, 6.45) is 3.92. The number of nitrogens with zero attached hydrogens (tertiary/aromatic N) is 1. The molecule has 1 unspecified atom stereocenters. The Balaban J connectivity index is 1.69. The lowest BCUT2D eigenvalue weighted by molar-refractivity contribution is 0.0855. The van der Waals surface area contributed by atoms with Gasteiger partial charge >= 0.3 is 0 Å². The van der Waals surface area contributed by atoms with Crippen molar-refractivity contribution < 1.29 is 9.53 Å². The fourth-order valence-corrected chi connectivity index (χ4v) is 3.51. The normalized spacial score (nSPS) is 17.2. The van der Waals surface area contributed by atoms with Crippen molar-refractivity contribution in [2.75, 3.05) is 13.2 Å². The van der Waals surface area contributed by atoms with Crippen LogP contribution in [0.3, 0.4) is 0 Å². The van der Waals surface area contributed by atoms with E-state index in [-0.39, 0.29) is 12.0 Å². The Morgan fingerprint density at radius 3 is 2.91 bits per heavy atom. The highest BCUT2D eigenvalue weighted by atomic mass is 79.9. The lowest BCUT2D eigenvalue weighted by atomic mass is 10.2. The largest absolute Gasteiger partial charge is 0.376 e. The molecule has 1 atom stereocenters. The van der Waals surface area contributed by atoms with Gasteiger partial charge in [-0.2, -0.15) is 0 Å². The molecule has 23 heavy (non-hydrogen) atoms. The van der Waals surface area contributed by atoms with Gasteiger partial charge in [-0.1, -0.05) is 27.7 Å². The first-order valence-electron chi connectivity index (χ1n) is 7.50. The Morgan fingerprint density at radius 2 is 2.17 bits per heavy atom. The molecule has 1 N–H and O–H groups in total. The fourth-order valence-electron chi connectivity index (χ4n) is 2.37. The molecular weight excluding hydrogens is 376 g/mol. The molecule has 1 aliphatic heterocycles. The average Bonchev–Trinajstić information content (AvgIpc) is 3.09. The third-order valence-corrected chi connectivity index (χ3v) is 5.11. The number of aromatic nitrogens is 1. The molecule has 120 valence electrons. The molecule has 1 aromatic carbocycles. The van der Waals surface area contributed by atoms with Crippen LogP contribution in [0.4, 0.5) is 0 Å². The quantitative estimate of drug-likeness (QED) is 0.837. The minimum Gasteiger partial charge on any atom is -0.376 e. The SMILES string of the molecule is O=C(NCC1CCCO1)c1cccnc1Sc1ccc(Br)cc1. The molecule has 6 heteroatoms. The lowest BCUT2D eigenvalue weighted by Crippen LogP contribution is -2.32. The highest BCUT2D eigenvalue weighted by Crippen LogP contribution is 2.29. The first kappa shape index (κ1) is 16.5. The maximum atomic E-state index is 12.4. The molecule has 1 saturated heterocycles. The van der Waals surface area contributed by atoms with Crippen LogP contribution in [0.2, 0.25) is 0 Å². The summed E-state index contributed by atoms with van der Waals surface area (Å²) in [4.78, 5) is 17.8. The van der Waals surface area contributed by atoms with Crippen molar-refractivity contribution in [3.8, 4) is 0 Å². The highest BCUT2D eigenvalue weighted by Gasteiger charge is 2.18. The molecule has 1 aliphatic rings. The third kappa shape index (κ3) is 4.56. The van der Waals surface area contributed by atoms with Gasteiger partial charge in [-0.05, 0) is 49.2 Å². The monoisotopic (exact) mass is 392 g/mol. The van der Waals surface area contributed by atoms with Gasteiger partial charge in [0.25, 0.3) is 5.91 Å². The Bertz CT molecular complexity index is 673. The minimum absolute atomic E-state index is 0.104. The fraction of sp³-hybridized carbons (Fsp3) is 0.294. The Hall–Kier alpha value is -1.37. The van der Waals surface area contributed by atoms with Crippen molar-refractivity contribution in [3.05, 3.63) is 52.6 Å². The van der Waals surface area contributed by atoms with Gasteiger partial charge in [0.15, 0.2) is 0 Å². The zero-order chi connectivity index (χ0) is 16.1. The average molecular weight is 393 g/mol. The summed E-state index contributed by atoms with van der Waals surface area (Å²) in [5, 5.41) is 3.66. The van der Waals surface area contributed by atoms with E-state index >= 15 is 0 Å². The number of carbonyl (C=O) groups is 1. The highest BCUT2D eigenvalue weighted by molar-refractivity contribution is 9.10. The van der Waals surface area contributed by atoms with E-state index in [1.807, 2.05) is 24.3 Å². The maximum absolute atomic E-state index is 12.4. The number of hydrogen-bond acceptors (Lipinski definition) is 4. The standard InChI is InChI=1S/C17H17BrN2O2S/c18-12-5-7-14(8-6-12)23-17-15(4-1-9-19-17)16(21)20-11-13-3-2-10-22-13/h1,4-9,13H,2-3,10-11H2,(H,20,21). The van der Waals surface area contributed by atoms with E-state index in [9.17, 15) is 4.79 Å². The van der Waals surface area contributed by atoms with Crippen LogP contribution in [-0.4, -0.2) is 30.1 Å². The molecule has 0 bridgehead atoms. The number of rotatable bonds is 5. The van der Waals surface area contributed by atoms with Crippen LogP contribution in [0.5, 0.6) is 0 Å². The van der Waals surface area contributed by atoms with Gasteiger partial charge in [0.05, 0.1) is 11.7 Å². The molecule has 3 rings (SSSR count). The minimum atomic E-state index is -0.104. The van der Waals surface area contributed by atoms with Crippen molar-refractivity contribution in [2.45, 2.75) is 28.9 Å². The zero-order valence-corrected chi connectivity index (χ0v) is 14.9. The van der Waals surface area contributed by atoms with E-state index in [1.54, 1.807) is 18.3 Å². The van der Waals surface area contributed by atoms with Gasteiger partial charge in [-0.25, -0.2) is 4.98 Å². The number of amides is 1. The number of nitrogens with one attached hydrogen (secondary N) is 1. The summed E-state index contributed by atoms with van der Waals surface area (Å²) < 4.78 is 6.56. The van der Waals surface area contributed by atoms with Crippen molar-refractivity contribution in [1.29, 1.82) is 0 Å². The first-order chi connectivity index (χ1) is 11.2. The number of benzene rings is 1. The predicted molar refractivity (Wildman–Crippen MR) is 93.8 cm³/mol. The third-order valence-electron chi connectivity index (χ3n) is 3.56. The molecule has 1 aromatic heterocycles. The van der Waals surface area contributed by atoms with E-state index in [1.165, 1.54) is 11.8 Å². The molecule has 0 saturated carbocycles. The van der Waals surface area contributed by atoms with E-state index in [2.05, 4.69) is 26.2 Å². The first-order valence-corrected chi connectivity index (χ1v) is 9.11. The summed E-state index contributed by atoms with van der Waals surface area (Å²) in [5.41, 5.74) is 0.596. The molecule has 0 spiro atoms. The van der Waals surface area contributed by atoms with Crippen molar-refractivity contribution in [2.24, 2.45) is 0 Å². The second-order valence-electron chi connectivity index (χ2n) is 5.26. The summed E-state index contributed by atoms with van der Waals surface area (Å²) in [6, 6.07) is 11.5. The second-order valence-corrected chi connectivity index (χ2v) is 7.24. The molecule has 1 amide bonds. The number of hydrogen-bond donors (Lipinski definition) is 1. The van der Waals surface area contributed by atoms with Gasteiger partial charge < -0.3 is 10.1 Å². The van der Waals surface area contributed by atoms with E-state index in [0.717, 1.165) is 28.8 Å². The van der Waals surface area contributed by atoms with Crippen LogP contribution >= 0.6 is 27.7 Å². The van der Waals surface area contributed by atoms with Crippen LogP contribution in [0, 0.1) is 0 Å². The van der Waals surface area contributed by atoms with Crippen LogP contribution < -0.4 is 5.32 Å². The Kier molecular flexibility index (Phi) is 5.70. The van der Waals surface area contributed by atoms with Crippen LogP contribution in [0.25, 0.3) is 0 Å². The topological polar surface area (TPSA) is 51.2 Å². The zero-order valence-electron chi connectivity index (χ0n) is 12.5. The number of carbonyl (C=O) groups excluding carboxylic acids is 1. The molecule has 2 aromatic rings. The van der Waals surface area contributed by atoms with Crippen LogP contribution in [0.1, 0.15) is 23.2 Å². The molecule has 0 radical (unpaired) electrons. The van der Waals surface area contributed by atoms with Gasteiger partial charge in [-0.3, -0.25) is 4.79 Å². The number of halogens is 1. The molecule has 2 heterocycles. The van der Waals surface area contributed by atoms with E-state index < -0.39 is 0 Å². The van der Waals surface area contributed by atoms with Gasteiger partial charge in [-0.15, -0.1) is 0 Å². The molecule has 4 nitrogen and oxygen atoms in total. The molecule has 1 fully saturated rings. The van der Waals surface area contributed by atoms with Crippen molar-refractivity contribution >= 4 is 33.6 Å². The summed E-state index contributed by atoms with van der Waals surface area (Å²) in [6.45, 7) is 1.34. The smallest absolute Gasteiger partial charge is 0.254 e. The number of ether oxygens (including phenoxy) is 1. The van der Waals surface area contributed by atoms with Gasteiger partial charge in [0.2, 0.25) is 0 Å². The predicted octanol–water partition coefficient (Wildman–Crippen LogP) is 3.90. The van der Waals surface area contributed by atoms with Crippen LogP contribution in [-0.2, 0) is 4.74 Å². The number of pyridine rings is 1. The van der Waals surface area contributed by atoms with Gasteiger partial charge in [0, 0.05) is 28.7 Å². The summed E-state index contributed by atoms with van der Waals surface area (Å²) >= 11 is 4.91. The van der Waals surface area contributed by atoms with E-state index in [4.69, 9.17) is 4.74 Å². The van der Waals surface area contributed by atoms with Crippen molar-refractivity contribution in [1.82, 2.24) is 10.3 Å². The van der Waals surface area contributed by atoms with Gasteiger partial charge in [0.1, 0.15) is 5.03 Å². The molecular formula is C17H17BrN2O2S. The van der Waals surface area contributed by atoms with Crippen LogP contribution in [0.15, 0.2) is 57.0 Å².